The van der Waals surface area contributed by atoms with Crippen molar-refractivity contribution in [3.63, 3.8) is 0 Å². The number of hydrogen-bond donors (Lipinski definition) is 0. The van der Waals surface area contributed by atoms with Crippen molar-refractivity contribution in [1.29, 1.82) is 0 Å². The van der Waals surface area contributed by atoms with Crippen LogP contribution in [0.1, 0.15) is 0 Å². The van der Waals surface area contributed by atoms with Gasteiger partial charge < -0.3 is 27.4 Å². The van der Waals surface area contributed by atoms with Crippen molar-refractivity contribution in [2.45, 2.75) is 0 Å². The molecule has 0 saturated carbocycles. The van der Waals surface area contributed by atoms with Crippen molar-refractivity contribution in [1.82, 2.24) is 27.4 Å². The lowest BCUT2D eigenvalue weighted by molar-refractivity contribution is 1.17. The molecule has 0 aliphatic heterocycles. The van der Waals surface area contributed by atoms with Gasteiger partial charge in [0.1, 0.15) is 0 Å². The Labute approximate surface area is 868 Å². The lowest BCUT2D eigenvalue weighted by Crippen LogP contribution is -1.95. The zero-order chi connectivity index (χ0) is 99.1. The van der Waals surface area contributed by atoms with E-state index in [9.17, 15) is 0 Å². The number of aromatic nitrogens is 6. The minimum Gasteiger partial charge on any atom is -0.309 e. The smallest absolute Gasteiger partial charge is 0.0548 e. The molecule has 0 bridgehead atoms. The van der Waals surface area contributed by atoms with Crippen molar-refractivity contribution >= 4 is 131 Å². The Balaban J connectivity index is 0.000000108. The van der Waals surface area contributed by atoms with Crippen LogP contribution in [-0.2, 0) is 0 Å². The van der Waals surface area contributed by atoms with E-state index in [1.54, 1.807) is 0 Å². The lowest BCUT2D eigenvalue weighted by Gasteiger charge is -2.12. The van der Waals surface area contributed by atoms with E-state index in [2.05, 4.69) is 610 Å². The number of para-hydroxylation sites is 6. The second kappa shape index (κ2) is 37.4. The largest absolute Gasteiger partial charge is 0.309 e. The molecule has 0 atom stereocenters. The molecule has 6 heterocycles. The first-order valence-corrected chi connectivity index (χ1v) is 51.6. The fourth-order valence-electron chi connectivity index (χ4n) is 23.5. The van der Waals surface area contributed by atoms with E-state index in [-0.39, 0.29) is 0 Å². The molecule has 0 radical (unpaired) electrons. The quantitative estimate of drug-likeness (QED) is 0.0979. The van der Waals surface area contributed by atoms with Gasteiger partial charge in [0.05, 0.1) is 66.2 Å². The van der Waals surface area contributed by atoms with Gasteiger partial charge in [0, 0.05) is 98.8 Å². The Bertz CT molecular complexity index is 10400. The molecule has 6 heteroatoms. The van der Waals surface area contributed by atoms with Crippen molar-refractivity contribution in [3.8, 4) is 134 Å². The predicted octanol–water partition coefficient (Wildman–Crippen LogP) is 38.6. The number of benzene rings is 24. The van der Waals surface area contributed by atoms with Crippen LogP contribution in [0, 0.1) is 0 Å². The maximum Gasteiger partial charge on any atom is 0.0548 e. The lowest BCUT2D eigenvalue weighted by atomic mass is 9.99. The summed E-state index contributed by atoms with van der Waals surface area (Å²) in [5, 5.41) is 15.2. The minimum atomic E-state index is 1.15. The molecule has 6 aromatic heterocycles. The van der Waals surface area contributed by atoms with Crippen LogP contribution in [-0.4, -0.2) is 27.4 Å². The maximum absolute atomic E-state index is 2.44. The molecular weight excluding hydrogens is 1810 g/mol. The molecule has 30 aromatic rings. The average molecular weight is 1910 g/mol. The van der Waals surface area contributed by atoms with E-state index in [0.29, 0.717) is 0 Å². The molecule has 24 aromatic carbocycles. The van der Waals surface area contributed by atoms with Gasteiger partial charge in [0.25, 0.3) is 0 Å². The Kier molecular flexibility index (Phi) is 21.9. The van der Waals surface area contributed by atoms with Gasteiger partial charge in [-0.05, 0) is 252 Å². The van der Waals surface area contributed by atoms with E-state index in [1.165, 1.54) is 231 Å². The molecule has 0 fully saturated rings. The van der Waals surface area contributed by atoms with Crippen LogP contribution in [0.15, 0.2) is 582 Å². The summed E-state index contributed by atoms with van der Waals surface area (Å²) in [4.78, 5) is 0. The fraction of sp³-hybridized carbons (Fsp3) is 0. The topological polar surface area (TPSA) is 29.6 Å². The summed E-state index contributed by atoms with van der Waals surface area (Å²) in [6, 6.07) is 211. The van der Waals surface area contributed by atoms with Gasteiger partial charge in [-0.25, -0.2) is 0 Å². The Hall–Kier alpha value is -19.9. The van der Waals surface area contributed by atoms with Crippen molar-refractivity contribution < 1.29 is 0 Å². The van der Waals surface area contributed by atoms with E-state index in [1.807, 2.05) is 0 Å². The van der Waals surface area contributed by atoms with Gasteiger partial charge in [-0.2, -0.15) is 0 Å². The normalized spacial score (nSPS) is 11.6. The van der Waals surface area contributed by atoms with Crippen LogP contribution >= 0.6 is 0 Å². The summed E-state index contributed by atoms with van der Waals surface area (Å²) in [7, 11) is 0. The molecule has 0 aliphatic carbocycles. The Morgan fingerprint density at radius 2 is 0.240 bits per heavy atom. The van der Waals surface area contributed by atoms with Gasteiger partial charge in [-0.1, -0.05) is 431 Å². The number of nitrogens with zero attached hydrogens (tertiary/aromatic N) is 6. The SMILES string of the molecule is c1ccc(-c2ccc(-c3ccc(-n4c5ccccc5c5c6c7ccc(-c8ccccc8)cc7n(-c7ccccc7)c6ccc54)cc3)cc2)cc1.c1ccc(-c2ccc(-c3cccc(-n4c5ccccc5c5c6c7ccc(-c8ccccc8)cc7n(-c7ccccc7)c6ccc54)c3)cc2)cc1.c1ccc(-c2cccc(-c3cccc(-n4c5ccccc5c5c6c7ccc(-c8ccccc8)cc7n(-c7ccccc7)c6ccc54)c3)c2)cc1. The highest BCUT2D eigenvalue weighted by Crippen LogP contribution is 2.50. The van der Waals surface area contributed by atoms with E-state index in [0.717, 1.165) is 34.1 Å². The first-order valence-electron chi connectivity index (χ1n) is 51.6. The fourth-order valence-corrected chi connectivity index (χ4v) is 23.5. The first kappa shape index (κ1) is 87.8. The van der Waals surface area contributed by atoms with Crippen LogP contribution in [0.4, 0.5) is 0 Å². The third-order valence-corrected chi connectivity index (χ3v) is 30.3. The van der Waals surface area contributed by atoms with Crippen LogP contribution in [0.5, 0.6) is 0 Å². The predicted molar refractivity (Wildman–Crippen MR) is 634 cm³/mol. The first-order chi connectivity index (χ1) is 74.4. The van der Waals surface area contributed by atoms with E-state index in [4.69, 9.17) is 0 Å². The average Bonchev–Trinajstić information content (AvgIpc) is 1.55. The molecule has 150 heavy (non-hydrogen) atoms. The molecule has 0 spiro atoms. The molecule has 0 aliphatic rings. The van der Waals surface area contributed by atoms with Gasteiger partial charge in [0.15, 0.2) is 0 Å². The zero-order valence-electron chi connectivity index (χ0n) is 82.1. The molecule has 6 nitrogen and oxygen atoms in total. The minimum absolute atomic E-state index is 1.15. The maximum atomic E-state index is 2.44. The molecule has 0 saturated heterocycles. The van der Waals surface area contributed by atoms with Crippen molar-refractivity contribution in [2.24, 2.45) is 0 Å². The summed E-state index contributed by atoms with van der Waals surface area (Å²) in [5.74, 6) is 0. The second-order valence-electron chi connectivity index (χ2n) is 38.9. The third-order valence-electron chi connectivity index (χ3n) is 30.3. The van der Waals surface area contributed by atoms with Crippen molar-refractivity contribution in [2.75, 3.05) is 0 Å². The van der Waals surface area contributed by atoms with Crippen LogP contribution in [0.25, 0.3) is 265 Å². The van der Waals surface area contributed by atoms with Crippen LogP contribution in [0.3, 0.4) is 0 Å². The molecule has 0 amide bonds. The summed E-state index contributed by atoms with van der Waals surface area (Å²) in [5.41, 5.74) is 43.3. The highest BCUT2D eigenvalue weighted by molar-refractivity contribution is 6.32. The van der Waals surface area contributed by atoms with E-state index < -0.39 is 0 Å². The monoisotopic (exact) mass is 1910 g/mol. The van der Waals surface area contributed by atoms with Crippen LogP contribution in [0.2, 0.25) is 0 Å². The van der Waals surface area contributed by atoms with Crippen molar-refractivity contribution in [3.05, 3.63) is 582 Å². The second-order valence-corrected chi connectivity index (χ2v) is 38.9. The summed E-state index contributed by atoms with van der Waals surface area (Å²) in [6.07, 6.45) is 0. The summed E-state index contributed by atoms with van der Waals surface area (Å²) in [6.45, 7) is 0. The summed E-state index contributed by atoms with van der Waals surface area (Å²) >= 11 is 0. The summed E-state index contributed by atoms with van der Waals surface area (Å²) < 4.78 is 14.6. The number of hydrogen-bond acceptors (Lipinski definition) is 0. The molecule has 30 rings (SSSR count). The highest BCUT2D eigenvalue weighted by Gasteiger charge is 2.27. The number of rotatable bonds is 15. The van der Waals surface area contributed by atoms with Gasteiger partial charge in [-0.15, -0.1) is 0 Å². The van der Waals surface area contributed by atoms with E-state index >= 15 is 0 Å². The molecule has 702 valence electrons. The van der Waals surface area contributed by atoms with Crippen LogP contribution < -0.4 is 0 Å². The van der Waals surface area contributed by atoms with Gasteiger partial charge in [0.2, 0.25) is 0 Å². The number of fused-ring (bicyclic) bond motifs is 21. The third kappa shape index (κ3) is 15.4. The highest BCUT2D eigenvalue weighted by atomic mass is 15.0. The molecular formula is C144H96N6. The molecule has 0 unspecified atom stereocenters. The Morgan fingerprint density at radius 1 is 0.0800 bits per heavy atom. The van der Waals surface area contributed by atoms with Gasteiger partial charge >= 0.3 is 0 Å². The molecule has 0 N–H and O–H groups in total. The Morgan fingerprint density at radius 3 is 0.527 bits per heavy atom. The van der Waals surface area contributed by atoms with Gasteiger partial charge in [-0.3, -0.25) is 0 Å². The standard InChI is InChI=1S/3C48H32N2/c1-4-14-33(15-5-1)35-18-12-19-36(30-35)37-20-13-23-40(31-37)50-43-25-11-10-24-41(43)47-45(50)29-28-44-48(47)42-27-26-38(34-16-6-2-7-17-34)32-46(42)49(44)39-21-8-3-9-22-39;1-4-13-33(14-5-1)35-23-25-36(26-24-35)37-17-12-20-40(31-37)50-43-22-11-10-21-41(43)47-45(50)30-29-44-48(47)42-28-27-38(34-15-6-2-7-16-34)32-46(42)49(44)39-18-8-3-9-19-39;1-4-12-33(13-5-1)35-20-22-36(23-21-35)37-24-27-40(28-25-37)49-43-19-11-10-18-41(43)47-44(49)30-31-45-48(47)42-29-26-38(34-14-6-2-7-15-34)32-46(42)50(45)39-16-8-3-9-17-39/h3*1-32H. The zero-order valence-corrected chi connectivity index (χ0v) is 82.1.